The molecule has 1 fully saturated rings. The van der Waals surface area contributed by atoms with E-state index in [0.29, 0.717) is 42.4 Å². The molecule has 8 heteroatoms. The van der Waals surface area contributed by atoms with Crippen LogP contribution in [0.2, 0.25) is 5.02 Å². The van der Waals surface area contributed by atoms with Gasteiger partial charge in [0.15, 0.2) is 0 Å². The zero-order valence-corrected chi connectivity index (χ0v) is 25.1. The number of ether oxygens (including phenoxy) is 2. The van der Waals surface area contributed by atoms with Crippen molar-refractivity contribution in [3.63, 3.8) is 0 Å². The molecule has 2 amide bonds. The van der Waals surface area contributed by atoms with Gasteiger partial charge in [0, 0.05) is 34.9 Å². The van der Waals surface area contributed by atoms with Crippen LogP contribution in [-0.2, 0) is 14.3 Å². The second-order valence-corrected chi connectivity index (χ2v) is 11.6. The Hall–Kier alpha value is -3.84. The zero-order valence-electron chi connectivity index (χ0n) is 24.3. The first-order chi connectivity index (χ1) is 20.2. The highest BCUT2D eigenvalue weighted by atomic mass is 35.5. The van der Waals surface area contributed by atoms with Crippen molar-refractivity contribution >= 4 is 40.8 Å². The average molecular weight is 589 g/mol. The Morgan fingerprint density at radius 2 is 1.69 bits per heavy atom. The second-order valence-electron chi connectivity index (χ2n) is 11.2. The maximum atomic E-state index is 13.9. The third-order valence-corrected chi connectivity index (χ3v) is 8.76. The second kappa shape index (κ2) is 12.6. The normalized spacial score (nSPS) is 18.8. The van der Waals surface area contributed by atoms with E-state index in [2.05, 4.69) is 0 Å². The molecule has 3 aromatic carbocycles. The lowest BCUT2D eigenvalue weighted by Gasteiger charge is -2.43. The fourth-order valence-electron chi connectivity index (χ4n) is 6.16. The molecule has 220 valence electrons. The lowest BCUT2D eigenvalue weighted by Crippen LogP contribution is -2.47. The van der Waals surface area contributed by atoms with E-state index in [0.717, 1.165) is 36.2 Å². The number of hydrogen-bond acceptors (Lipinski definition) is 5. The molecule has 1 aliphatic heterocycles. The average Bonchev–Trinajstić information content (AvgIpc) is 2.95. The summed E-state index contributed by atoms with van der Waals surface area (Å²) in [4.78, 5) is 42.8. The molecule has 2 aliphatic rings. The van der Waals surface area contributed by atoms with Crippen LogP contribution in [0.5, 0.6) is 5.75 Å². The molecule has 0 bridgehead atoms. The van der Waals surface area contributed by atoms with Crippen LogP contribution in [0.15, 0.2) is 72.8 Å². The number of carbonyl (C=O) groups is 3. The van der Waals surface area contributed by atoms with Crippen molar-refractivity contribution < 1.29 is 23.9 Å². The van der Waals surface area contributed by atoms with Crippen molar-refractivity contribution in [3.8, 4) is 5.75 Å². The van der Waals surface area contributed by atoms with E-state index in [1.54, 1.807) is 48.2 Å². The highest BCUT2D eigenvalue weighted by Gasteiger charge is 2.45. The highest BCUT2D eigenvalue weighted by Crippen LogP contribution is 2.45. The van der Waals surface area contributed by atoms with Gasteiger partial charge >= 0.3 is 5.97 Å². The van der Waals surface area contributed by atoms with Crippen molar-refractivity contribution in [1.82, 2.24) is 0 Å². The first-order valence-electron chi connectivity index (χ1n) is 14.6. The van der Waals surface area contributed by atoms with Crippen LogP contribution in [0.3, 0.4) is 0 Å². The van der Waals surface area contributed by atoms with Crippen LogP contribution in [0.1, 0.15) is 74.8 Å². The SMILES string of the molecule is CCOC(=O)C1(CCOc2ccc(C(=O)N3c4ccccc4C(N(C(C)=O)c4ccc(Cl)cc4)CC3C)cc2)CCC1. The summed E-state index contributed by atoms with van der Waals surface area (Å²) in [6.45, 7) is 6.19. The third kappa shape index (κ3) is 5.88. The highest BCUT2D eigenvalue weighted by molar-refractivity contribution is 6.30. The van der Waals surface area contributed by atoms with Crippen molar-refractivity contribution in [1.29, 1.82) is 0 Å². The van der Waals surface area contributed by atoms with Crippen LogP contribution in [0.25, 0.3) is 0 Å². The lowest BCUT2D eigenvalue weighted by atomic mass is 9.67. The molecule has 1 aliphatic carbocycles. The van der Waals surface area contributed by atoms with E-state index in [-0.39, 0.29) is 29.9 Å². The number of nitrogens with zero attached hydrogens (tertiary/aromatic N) is 2. The summed E-state index contributed by atoms with van der Waals surface area (Å²) >= 11 is 6.11. The van der Waals surface area contributed by atoms with Gasteiger partial charge in [0.25, 0.3) is 5.91 Å². The van der Waals surface area contributed by atoms with Crippen molar-refractivity contribution in [2.45, 2.75) is 65.0 Å². The number of halogens is 1. The molecule has 1 saturated carbocycles. The van der Waals surface area contributed by atoms with Crippen LogP contribution in [0, 0.1) is 5.41 Å². The van der Waals surface area contributed by atoms with Gasteiger partial charge in [-0.3, -0.25) is 14.4 Å². The third-order valence-electron chi connectivity index (χ3n) is 8.50. The molecule has 2 unspecified atom stereocenters. The monoisotopic (exact) mass is 588 g/mol. The number of carbonyl (C=O) groups excluding carboxylic acids is 3. The quantitative estimate of drug-likeness (QED) is 0.244. The Labute approximate surface area is 252 Å². The van der Waals surface area contributed by atoms with Crippen LogP contribution < -0.4 is 14.5 Å². The zero-order chi connectivity index (χ0) is 29.9. The molecular weight excluding hydrogens is 552 g/mol. The van der Waals surface area contributed by atoms with Gasteiger partial charge in [0.1, 0.15) is 5.75 Å². The predicted octanol–water partition coefficient (Wildman–Crippen LogP) is 7.38. The number of rotatable bonds is 9. The number of fused-ring (bicyclic) bond motifs is 1. The van der Waals surface area contributed by atoms with Gasteiger partial charge in [-0.05, 0) is 99.7 Å². The fourth-order valence-corrected chi connectivity index (χ4v) is 6.29. The van der Waals surface area contributed by atoms with Crippen LogP contribution in [-0.4, -0.2) is 37.0 Å². The molecule has 0 saturated heterocycles. The predicted molar refractivity (Wildman–Crippen MR) is 164 cm³/mol. The topological polar surface area (TPSA) is 76.2 Å². The Kier molecular flexibility index (Phi) is 8.88. The first-order valence-corrected chi connectivity index (χ1v) is 15.0. The summed E-state index contributed by atoms with van der Waals surface area (Å²) in [5, 5.41) is 0.604. The number of amides is 2. The van der Waals surface area contributed by atoms with Gasteiger partial charge in [-0.1, -0.05) is 36.2 Å². The molecule has 42 heavy (non-hydrogen) atoms. The van der Waals surface area contributed by atoms with E-state index in [9.17, 15) is 14.4 Å². The number of hydrogen-bond donors (Lipinski definition) is 0. The minimum absolute atomic E-state index is 0.0785. The van der Waals surface area contributed by atoms with Gasteiger partial charge in [-0.15, -0.1) is 0 Å². The van der Waals surface area contributed by atoms with E-state index < -0.39 is 5.41 Å². The van der Waals surface area contributed by atoms with Crippen molar-refractivity contribution in [3.05, 3.63) is 88.9 Å². The summed E-state index contributed by atoms with van der Waals surface area (Å²) < 4.78 is 11.2. The van der Waals surface area contributed by atoms with E-state index >= 15 is 0 Å². The minimum atomic E-state index is -0.424. The van der Waals surface area contributed by atoms with Gasteiger partial charge in [-0.2, -0.15) is 0 Å². The van der Waals surface area contributed by atoms with Crippen LogP contribution in [0.4, 0.5) is 11.4 Å². The molecule has 1 heterocycles. The molecule has 5 rings (SSSR count). The maximum Gasteiger partial charge on any atom is 0.312 e. The molecular formula is C34H37ClN2O5. The standard InChI is InChI=1S/C34H37ClN2O5/c1-4-41-33(40)34(18-7-19-34)20-21-42-28-16-10-25(11-17-28)32(39)36-23(2)22-31(29-8-5-6-9-30(29)36)37(24(3)38)27-14-12-26(35)13-15-27/h5-6,8-17,23,31H,4,7,18-22H2,1-3H3. The number of para-hydroxylation sites is 1. The van der Waals surface area contributed by atoms with E-state index in [1.807, 2.05) is 55.1 Å². The molecule has 3 aromatic rings. The van der Waals surface area contributed by atoms with E-state index in [4.69, 9.17) is 21.1 Å². The summed E-state index contributed by atoms with van der Waals surface area (Å²) in [5.41, 5.74) is 2.59. The summed E-state index contributed by atoms with van der Waals surface area (Å²) in [5.74, 6) is 0.331. The van der Waals surface area contributed by atoms with Gasteiger partial charge in [0.05, 0.1) is 24.7 Å². The Balaban J connectivity index is 1.31. The molecule has 0 N–H and O–H groups in total. The number of anilines is 2. The Morgan fingerprint density at radius 1 is 1.00 bits per heavy atom. The van der Waals surface area contributed by atoms with Gasteiger partial charge in [-0.25, -0.2) is 0 Å². The smallest absolute Gasteiger partial charge is 0.312 e. The van der Waals surface area contributed by atoms with Gasteiger partial charge < -0.3 is 19.3 Å². The van der Waals surface area contributed by atoms with Gasteiger partial charge in [0.2, 0.25) is 5.91 Å². The maximum absolute atomic E-state index is 13.9. The van der Waals surface area contributed by atoms with E-state index in [1.165, 1.54) is 0 Å². The summed E-state index contributed by atoms with van der Waals surface area (Å²) in [6.07, 6.45) is 3.89. The molecule has 0 radical (unpaired) electrons. The minimum Gasteiger partial charge on any atom is -0.494 e. The summed E-state index contributed by atoms with van der Waals surface area (Å²) in [6, 6.07) is 21.8. The summed E-state index contributed by atoms with van der Waals surface area (Å²) in [7, 11) is 0. The molecule has 2 atom stereocenters. The lowest BCUT2D eigenvalue weighted by molar-refractivity contribution is -0.162. The number of benzene rings is 3. The fraction of sp³-hybridized carbons (Fsp3) is 0.382. The van der Waals surface area contributed by atoms with Crippen molar-refractivity contribution in [2.24, 2.45) is 5.41 Å². The molecule has 0 spiro atoms. The molecule has 0 aromatic heterocycles. The Bertz CT molecular complexity index is 1440. The largest absolute Gasteiger partial charge is 0.494 e. The molecule has 7 nitrogen and oxygen atoms in total. The first kappa shape index (κ1) is 29.6. The Morgan fingerprint density at radius 3 is 2.31 bits per heavy atom. The number of esters is 1. The van der Waals surface area contributed by atoms with Crippen LogP contribution >= 0.6 is 11.6 Å². The van der Waals surface area contributed by atoms with Crippen molar-refractivity contribution in [2.75, 3.05) is 23.0 Å².